The van der Waals surface area contributed by atoms with Crippen LogP contribution in [-0.4, -0.2) is 22.3 Å². The summed E-state index contributed by atoms with van der Waals surface area (Å²) in [7, 11) is 0. The number of carbonyl (C=O) groups excluding carboxylic acids is 1. The SMILES string of the molecule is O=C(N/N=C/c1ccc(Cl)cc1Cl)c1cc(-c2ccccc2)n[nH]1. The molecule has 0 aliphatic heterocycles. The molecule has 0 radical (unpaired) electrons. The Morgan fingerprint density at radius 3 is 2.67 bits per heavy atom. The van der Waals surface area contributed by atoms with Gasteiger partial charge in [0.05, 0.1) is 16.9 Å². The second-order valence-electron chi connectivity index (χ2n) is 4.90. The summed E-state index contributed by atoms with van der Waals surface area (Å²) in [5.74, 6) is -0.397. The third kappa shape index (κ3) is 3.82. The first-order valence-electron chi connectivity index (χ1n) is 7.03. The van der Waals surface area contributed by atoms with Gasteiger partial charge in [-0.2, -0.15) is 10.2 Å². The fourth-order valence-electron chi connectivity index (χ4n) is 2.02. The van der Waals surface area contributed by atoms with Gasteiger partial charge in [0.2, 0.25) is 0 Å². The molecule has 0 bridgehead atoms. The maximum Gasteiger partial charge on any atom is 0.289 e. The van der Waals surface area contributed by atoms with Crippen LogP contribution < -0.4 is 5.43 Å². The molecule has 5 nitrogen and oxygen atoms in total. The summed E-state index contributed by atoms with van der Waals surface area (Å²) >= 11 is 11.9. The lowest BCUT2D eigenvalue weighted by Crippen LogP contribution is -2.18. The zero-order valence-electron chi connectivity index (χ0n) is 12.3. The number of H-pyrrole nitrogens is 1. The molecular formula is C17H12Cl2N4O. The minimum atomic E-state index is -0.397. The number of aromatic nitrogens is 2. The Morgan fingerprint density at radius 2 is 1.92 bits per heavy atom. The van der Waals surface area contributed by atoms with Gasteiger partial charge < -0.3 is 0 Å². The number of hydrazone groups is 1. The summed E-state index contributed by atoms with van der Waals surface area (Å²) in [6, 6.07) is 16.2. The highest BCUT2D eigenvalue weighted by Crippen LogP contribution is 2.19. The maximum absolute atomic E-state index is 12.1. The van der Waals surface area contributed by atoms with E-state index < -0.39 is 5.91 Å². The van der Waals surface area contributed by atoms with E-state index >= 15 is 0 Å². The summed E-state index contributed by atoms with van der Waals surface area (Å²) in [5.41, 5.74) is 4.99. The number of benzene rings is 2. The molecule has 1 aromatic heterocycles. The Morgan fingerprint density at radius 1 is 1.12 bits per heavy atom. The van der Waals surface area contributed by atoms with Crippen LogP contribution in [0.4, 0.5) is 0 Å². The molecule has 120 valence electrons. The standard InChI is InChI=1S/C17H12Cl2N4O/c18-13-7-6-12(14(19)8-13)10-20-23-17(24)16-9-15(21-22-16)11-4-2-1-3-5-11/h1-10H,(H,21,22)(H,23,24)/b20-10+. The summed E-state index contributed by atoms with van der Waals surface area (Å²) < 4.78 is 0. The lowest BCUT2D eigenvalue weighted by molar-refractivity contribution is 0.0950. The van der Waals surface area contributed by atoms with Crippen LogP contribution in [0.25, 0.3) is 11.3 Å². The van der Waals surface area contributed by atoms with Crippen LogP contribution in [-0.2, 0) is 0 Å². The molecule has 3 rings (SSSR count). The Hall–Kier alpha value is -2.63. The molecule has 0 spiro atoms. The van der Waals surface area contributed by atoms with Crippen LogP contribution in [0.2, 0.25) is 10.0 Å². The molecular weight excluding hydrogens is 347 g/mol. The van der Waals surface area contributed by atoms with E-state index in [0.717, 1.165) is 5.56 Å². The number of amides is 1. The molecule has 7 heteroatoms. The van der Waals surface area contributed by atoms with Crippen molar-refractivity contribution in [3.63, 3.8) is 0 Å². The first kappa shape index (κ1) is 16.2. The Bertz CT molecular complexity index is 891. The van der Waals surface area contributed by atoms with Crippen molar-refractivity contribution >= 4 is 35.3 Å². The average molecular weight is 359 g/mol. The van der Waals surface area contributed by atoms with Gasteiger partial charge in [0.25, 0.3) is 5.91 Å². The monoisotopic (exact) mass is 358 g/mol. The van der Waals surface area contributed by atoms with Crippen molar-refractivity contribution in [1.29, 1.82) is 0 Å². The second kappa shape index (κ2) is 7.29. The normalized spacial score (nSPS) is 10.9. The fraction of sp³-hybridized carbons (Fsp3) is 0. The van der Waals surface area contributed by atoms with E-state index in [4.69, 9.17) is 23.2 Å². The number of rotatable bonds is 4. The zero-order valence-corrected chi connectivity index (χ0v) is 13.8. The molecule has 0 aliphatic carbocycles. The van der Waals surface area contributed by atoms with Gasteiger partial charge in [-0.25, -0.2) is 5.43 Å². The first-order valence-corrected chi connectivity index (χ1v) is 7.78. The van der Waals surface area contributed by atoms with Crippen molar-refractivity contribution in [2.24, 2.45) is 5.10 Å². The number of hydrogen-bond acceptors (Lipinski definition) is 3. The molecule has 0 saturated heterocycles. The van der Waals surface area contributed by atoms with Gasteiger partial charge in [-0.1, -0.05) is 59.6 Å². The number of nitrogens with one attached hydrogen (secondary N) is 2. The fourth-order valence-corrected chi connectivity index (χ4v) is 2.48. The lowest BCUT2D eigenvalue weighted by Gasteiger charge is -1.99. The minimum Gasteiger partial charge on any atom is -0.272 e. The molecule has 24 heavy (non-hydrogen) atoms. The predicted octanol–water partition coefficient (Wildman–Crippen LogP) is 4.15. The van der Waals surface area contributed by atoms with Crippen LogP contribution >= 0.6 is 23.2 Å². The second-order valence-corrected chi connectivity index (χ2v) is 5.74. The molecule has 2 aromatic carbocycles. The maximum atomic E-state index is 12.1. The number of nitrogens with zero attached hydrogens (tertiary/aromatic N) is 2. The number of aromatic amines is 1. The molecule has 0 saturated carbocycles. The predicted molar refractivity (Wildman–Crippen MR) is 95.5 cm³/mol. The molecule has 2 N–H and O–H groups in total. The summed E-state index contributed by atoms with van der Waals surface area (Å²) in [6.45, 7) is 0. The van der Waals surface area contributed by atoms with Gasteiger partial charge in [-0.15, -0.1) is 0 Å². The van der Waals surface area contributed by atoms with Gasteiger partial charge in [-0.05, 0) is 18.2 Å². The largest absolute Gasteiger partial charge is 0.289 e. The van der Waals surface area contributed by atoms with Crippen molar-refractivity contribution in [2.45, 2.75) is 0 Å². The molecule has 1 heterocycles. The van der Waals surface area contributed by atoms with Crippen LogP contribution in [0.3, 0.4) is 0 Å². The van der Waals surface area contributed by atoms with Crippen LogP contribution in [0, 0.1) is 0 Å². The van der Waals surface area contributed by atoms with E-state index in [2.05, 4.69) is 20.7 Å². The van der Waals surface area contributed by atoms with Crippen molar-refractivity contribution in [2.75, 3.05) is 0 Å². The van der Waals surface area contributed by atoms with E-state index in [1.807, 2.05) is 30.3 Å². The Labute approximate surface area is 148 Å². The van der Waals surface area contributed by atoms with Gasteiger partial charge in [0, 0.05) is 16.1 Å². The van der Waals surface area contributed by atoms with Crippen molar-refractivity contribution in [3.8, 4) is 11.3 Å². The zero-order chi connectivity index (χ0) is 16.9. The highest BCUT2D eigenvalue weighted by molar-refractivity contribution is 6.36. The van der Waals surface area contributed by atoms with Crippen LogP contribution in [0.1, 0.15) is 16.1 Å². The highest BCUT2D eigenvalue weighted by Gasteiger charge is 2.10. The van der Waals surface area contributed by atoms with Crippen molar-refractivity contribution in [3.05, 3.63) is 75.9 Å². The lowest BCUT2D eigenvalue weighted by atomic mass is 10.1. The highest BCUT2D eigenvalue weighted by atomic mass is 35.5. The molecule has 0 unspecified atom stereocenters. The van der Waals surface area contributed by atoms with Gasteiger partial charge in [-0.3, -0.25) is 9.89 Å². The van der Waals surface area contributed by atoms with E-state index in [1.54, 1.807) is 24.3 Å². The third-order valence-corrected chi connectivity index (χ3v) is 3.79. The van der Waals surface area contributed by atoms with Gasteiger partial charge in [0.1, 0.15) is 5.69 Å². The number of carbonyl (C=O) groups is 1. The van der Waals surface area contributed by atoms with Crippen LogP contribution in [0.15, 0.2) is 59.7 Å². The topological polar surface area (TPSA) is 70.1 Å². The molecule has 1 amide bonds. The first-order chi connectivity index (χ1) is 11.6. The van der Waals surface area contributed by atoms with E-state index in [1.165, 1.54) is 6.21 Å². The summed E-state index contributed by atoms with van der Waals surface area (Å²) in [6.07, 6.45) is 1.45. The quantitative estimate of drug-likeness (QED) is 0.543. The van der Waals surface area contributed by atoms with E-state index in [0.29, 0.717) is 27.0 Å². The Balaban J connectivity index is 1.67. The summed E-state index contributed by atoms with van der Waals surface area (Å²) in [4.78, 5) is 12.1. The van der Waals surface area contributed by atoms with E-state index in [-0.39, 0.29) is 0 Å². The average Bonchev–Trinajstić information content (AvgIpc) is 3.08. The minimum absolute atomic E-state index is 0.313. The molecule has 0 aliphatic rings. The van der Waals surface area contributed by atoms with Crippen molar-refractivity contribution < 1.29 is 4.79 Å². The smallest absolute Gasteiger partial charge is 0.272 e. The van der Waals surface area contributed by atoms with Crippen LogP contribution in [0.5, 0.6) is 0 Å². The van der Waals surface area contributed by atoms with Gasteiger partial charge >= 0.3 is 0 Å². The van der Waals surface area contributed by atoms with Crippen molar-refractivity contribution in [1.82, 2.24) is 15.6 Å². The Kier molecular flexibility index (Phi) is 4.93. The third-order valence-electron chi connectivity index (χ3n) is 3.22. The number of hydrogen-bond donors (Lipinski definition) is 2. The molecule has 0 atom stereocenters. The molecule has 0 fully saturated rings. The molecule has 3 aromatic rings. The summed E-state index contributed by atoms with van der Waals surface area (Å²) in [5, 5.41) is 11.7. The van der Waals surface area contributed by atoms with Gasteiger partial charge in [0.15, 0.2) is 0 Å². The number of halogens is 2. The van der Waals surface area contributed by atoms with E-state index in [9.17, 15) is 4.79 Å².